The SMILES string of the molecule is COc1ccnc(-c2nc(NC(C)(C)CO)nc3sc(C(C)=O)c(N)c23)c1. The number of thiophene rings is 1. The van der Waals surface area contributed by atoms with E-state index >= 15 is 0 Å². The zero-order valence-corrected chi connectivity index (χ0v) is 16.3. The third-order valence-electron chi connectivity index (χ3n) is 3.96. The number of aliphatic hydroxyl groups excluding tert-OH is 1. The van der Waals surface area contributed by atoms with Crippen LogP contribution in [0.3, 0.4) is 0 Å². The van der Waals surface area contributed by atoms with E-state index in [2.05, 4.69) is 20.3 Å². The summed E-state index contributed by atoms with van der Waals surface area (Å²) in [5.41, 5.74) is 7.00. The fourth-order valence-corrected chi connectivity index (χ4v) is 3.52. The minimum Gasteiger partial charge on any atom is -0.497 e. The zero-order valence-electron chi connectivity index (χ0n) is 15.5. The largest absolute Gasteiger partial charge is 0.497 e. The lowest BCUT2D eigenvalue weighted by molar-refractivity contribution is 0.102. The minimum atomic E-state index is -0.626. The molecule has 27 heavy (non-hydrogen) atoms. The van der Waals surface area contributed by atoms with Crippen molar-refractivity contribution in [1.82, 2.24) is 15.0 Å². The van der Waals surface area contributed by atoms with Gasteiger partial charge in [-0.25, -0.2) is 9.97 Å². The van der Waals surface area contributed by atoms with Crippen molar-refractivity contribution >= 4 is 39.0 Å². The average Bonchev–Trinajstić information content (AvgIpc) is 2.97. The number of Topliss-reactive ketones (excluding diaryl/α,β-unsaturated/α-hetero) is 1. The number of hydrogen-bond donors (Lipinski definition) is 3. The first-order valence-electron chi connectivity index (χ1n) is 8.26. The van der Waals surface area contributed by atoms with Crippen LogP contribution in [0, 0.1) is 0 Å². The number of nitrogens with two attached hydrogens (primary N) is 1. The number of carbonyl (C=O) groups excluding carboxylic acids is 1. The van der Waals surface area contributed by atoms with Gasteiger partial charge in [-0.2, -0.15) is 0 Å². The van der Waals surface area contributed by atoms with Gasteiger partial charge < -0.3 is 20.9 Å². The highest BCUT2D eigenvalue weighted by Crippen LogP contribution is 2.39. The van der Waals surface area contributed by atoms with E-state index in [0.717, 1.165) is 0 Å². The van der Waals surface area contributed by atoms with E-state index in [4.69, 9.17) is 10.5 Å². The molecule has 0 aliphatic heterocycles. The van der Waals surface area contributed by atoms with Crippen LogP contribution < -0.4 is 15.8 Å². The van der Waals surface area contributed by atoms with Crippen molar-refractivity contribution < 1.29 is 14.6 Å². The molecule has 0 aliphatic rings. The topological polar surface area (TPSA) is 123 Å². The Balaban J connectivity index is 2.28. The predicted octanol–water partition coefficient (Wildman–Crippen LogP) is 2.73. The molecule has 3 aromatic heterocycles. The molecule has 142 valence electrons. The van der Waals surface area contributed by atoms with Crippen LogP contribution in [0.25, 0.3) is 21.6 Å². The smallest absolute Gasteiger partial charge is 0.225 e. The highest BCUT2D eigenvalue weighted by molar-refractivity contribution is 7.21. The first-order valence-corrected chi connectivity index (χ1v) is 9.08. The quantitative estimate of drug-likeness (QED) is 0.552. The average molecular weight is 387 g/mol. The lowest BCUT2D eigenvalue weighted by Gasteiger charge is -2.23. The Morgan fingerprint density at radius 3 is 2.78 bits per heavy atom. The summed E-state index contributed by atoms with van der Waals surface area (Å²) in [4.78, 5) is 26.4. The molecule has 0 amide bonds. The first-order chi connectivity index (χ1) is 12.8. The number of aromatic nitrogens is 3. The van der Waals surface area contributed by atoms with E-state index in [1.807, 2.05) is 13.8 Å². The number of ether oxygens (including phenoxy) is 1. The Labute approximate surface area is 160 Å². The highest BCUT2D eigenvalue weighted by atomic mass is 32.1. The molecule has 9 heteroatoms. The second-order valence-corrected chi connectivity index (χ2v) is 7.72. The van der Waals surface area contributed by atoms with E-state index in [0.29, 0.717) is 43.9 Å². The summed E-state index contributed by atoms with van der Waals surface area (Å²) in [5.74, 6) is 0.806. The maximum atomic E-state index is 11.9. The Morgan fingerprint density at radius 1 is 1.41 bits per heavy atom. The summed E-state index contributed by atoms with van der Waals surface area (Å²) >= 11 is 1.21. The second-order valence-electron chi connectivity index (χ2n) is 6.72. The molecule has 0 unspecified atom stereocenters. The molecule has 0 bridgehead atoms. The molecule has 0 aliphatic carbocycles. The van der Waals surface area contributed by atoms with Crippen LogP contribution in [0.1, 0.15) is 30.4 Å². The first kappa shape index (κ1) is 19.0. The van der Waals surface area contributed by atoms with E-state index in [1.165, 1.54) is 18.3 Å². The van der Waals surface area contributed by atoms with Gasteiger partial charge in [0.05, 0.1) is 40.9 Å². The molecule has 3 aromatic rings. The van der Waals surface area contributed by atoms with Crippen molar-refractivity contribution in [2.24, 2.45) is 0 Å². The third-order valence-corrected chi connectivity index (χ3v) is 5.16. The second kappa shape index (κ2) is 7.09. The molecule has 0 saturated heterocycles. The summed E-state index contributed by atoms with van der Waals surface area (Å²) in [7, 11) is 1.57. The molecule has 0 spiro atoms. The Hall–Kier alpha value is -2.78. The monoisotopic (exact) mass is 387 g/mol. The summed E-state index contributed by atoms with van der Waals surface area (Å²) in [6, 6.07) is 3.47. The number of fused-ring (bicyclic) bond motifs is 1. The van der Waals surface area contributed by atoms with Gasteiger partial charge in [0.25, 0.3) is 0 Å². The zero-order chi connectivity index (χ0) is 19.8. The maximum Gasteiger partial charge on any atom is 0.225 e. The van der Waals surface area contributed by atoms with Gasteiger partial charge in [-0.3, -0.25) is 9.78 Å². The lowest BCUT2D eigenvalue weighted by Crippen LogP contribution is -2.35. The van der Waals surface area contributed by atoms with Crippen LogP contribution in [-0.2, 0) is 0 Å². The summed E-state index contributed by atoms with van der Waals surface area (Å²) in [5, 5.41) is 13.2. The van der Waals surface area contributed by atoms with Gasteiger partial charge in [0.15, 0.2) is 5.78 Å². The van der Waals surface area contributed by atoms with E-state index in [-0.39, 0.29) is 12.4 Å². The van der Waals surface area contributed by atoms with Gasteiger partial charge in [0.1, 0.15) is 16.3 Å². The summed E-state index contributed by atoms with van der Waals surface area (Å²) in [6.45, 7) is 5.01. The molecule has 0 atom stereocenters. The number of nitrogens with one attached hydrogen (secondary N) is 1. The maximum absolute atomic E-state index is 11.9. The number of carbonyl (C=O) groups is 1. The molecule has 8 nitrogen and oxygen atoms in total. The summed E-state index contributed by atoms with van der Waals surface area (Å²) < 4.78 is 5.28. The molecule has 0 fully saturated rings. The number of ketones is 1. The van der Waals surface area contributed by atoms with Gasteiger partial charge in [0.2, 0.25) is 5.95 Å². The van der Waals surface area contributed by atoms with Gasteiger partial charge >= 0.3 is 0 Å². The lowest BCUT2D eigenvalue weighted by atomic mass is 10.1. The number of pyridine rings is 1. The number of nitrogens with zero attached hydrogens (tertiary/aromatic N) is 3. The number of anilines is 2. The van der Waals surface area contributed by atoms with Crippen molar-refractivity contribution in [1.29, 1.82) is 0 Å². The van der Waals surface area contributed by atoms with Crippen LogP contribution in [0.2, 0.25) is 0 Å². The standard InChI is InChI=1S/C18H21N5O3S/c1-9(25)15-13(19)12-14(11-7-10(26-4)5-6-20-11)21-17(22-16(12)27-15)23-18(2,3)8-24/h5-7,24H,8,19H2,1-4H3,(H,21,22,23). The molecule has 3 heterocycles. The van der Waals surface area contributed by atoms with Crippen molar-refractivity contribution in [3.8, 4) is 17.1 Å². The van der Waals surface area contributed by atoms with Crippen LogP contribution in [0.4, 0.5) is 11.6 Å². The van der Waals surface area contributed by atoms with Crippen molar-refractivity contribution in [3.05, 3.63) is 23.2 Å². The van der Waals surface area contributed by atoms with Gasteiger partial charge in [-0.15, -0.1) is 11.3 Å². The molecule has 0 radical (unpaired) electrons. The Kier molecular flexibility index (Phi) is 4.99. The highest BCUT2D eigenvalue weighted by Gasteiger charge is 2.23. The minimum absolute atomic E-state index is 0.105. The predicted molar refractivity (Wildman–Crippen MR) is 106 cm³/mol. The van der Waals surface area contributed by atoms with Crippen molar-refractivity contribution in [2.75, 3.05) is 24.8 Å². The van der Waals surface area contributed by atoms with Crippen molar-refractivity contribution in [2.45, 2.75) is 26.3 Å². The number of rotatable bonds is 6. The number of aliphatic hydroxyl groups is 1. The van der Waals surface area contributed by atoms with Gasteiger partial charge in [-0.1, -0.05) is 0 Å². The van der Waals surface area contributed by atoms with Gasteiger partial charge in [-0.05, 0) is 19.9 Å². The number of nitrogen functional groups attached to an aromatic ring is 1. The van der Waals surface area contributed by atoms with Gasteiger partial charge in [0, 0.05) is 19.2 Å². The molecular weight excluding hydrogens is 366 g/mol. The molecule has 0 aromatic carbocycles. The van der Waals surface area contributed by atoms with Crippen LogP contribution in [0.15, 0.2) is 18.3 Å². The fraction of sp³-hybridized carbons (Fsp3) is 0.333. The molecule has 4 N–H and O–H groups in total. The van der Waals surface area contributed by atoms with E-state index in [9.17, 15) is 9.90 Å². The number of methoxy groups -OCH3 is 1. The number of hydrogen-bond acceptors (Lipinski definition) is 9. The fourth-order valence-electron chi connectivity index (χ4n) is 2.53. The van der Waals surface area contributed by atoms with Crippen molar-refractivity contribution in [3.63, 3.8) is 0 Å². The summed E-state index contributed by atoms with van der Waals surface area (Å²) in [6.07, 6.45) is 1.61. The van der Waals surface area contributed by atoms with E-state index < -0.39 is 5.54 Å². The third kappa shape index (κ3) is 3.69. The molecule has 3 rings (SSSR count). The Morgan fingerprint density at radius 2 is 2.15 bits per heavy atom. The van der Waals surface area contributed by atoms with Crippen LogP contribution in [-0.4, -0.2) is 45.1 Å². The van der Waals surface area contributed by atoms with Crippen LogP contribution in [0.5, 0.6) is 5.75 Å². The molecule has 0 saturated carbocycles. The molecular formula is C18H21N5O3S. The normalized spacial score (nSPS) is 11.6. The van der Waals surface area contributed by atoms with E-state index in [1.54, 1.807) is 25.4 Å². The Bertz CT molecular complexity index is 1020. The van der Waals surface area contributed by atoms with Crippen LogP contribution >= 0.6 is 11.3 Å².